The Bertz CT molecular complexity index is 350. The second-order valence-electron chi connectivity index (χ2n) is 2.55. The van der Waals surface area contributed by atoms with Gasteiger partial charge in [-0.15, -0.1) is 0 Å². The maximum atomic E-state index is 13.4. The summed E-state index contributed by atoms with van der Waals surface area (Å²) in [5.41, 5.74) is 0.220. The average molecular weight is 294 g/mol. The predicted molar refractivity (Wildman–Crippen MR) is 55.5 cm³/mol. The quantitative estimate of drug-likeness (QED) is 0.852. The molecule has 0 saturated heterocycles. The van der Waals surface area contributed by atoms with Crippen LogP contribution >= 0.6 is 22.6 Å². The van der Waals surface area contributed by atoms with E-state index in [-0.39, 0.29) is 5.56 Å². The van der Waals surface area contributed by atoms with Crippen molar-refractivity contribution in [2.45, 2.75) is 13.3 Å². The molecule has 0 aliphatic heterocycles. The third-order valence-electron chi connectivity index (χ3n) is 1.77. The summed E-state index contributed by atoms with van der Waals surface area (Å²) in [6, 6.07) is 2.91. The highest BCUT2D eigenvalue weighted by Crippen LogP contribution is 2.20. The Morgan fingerprint density at radius 3 is 2.69 bits per heavy atom. The fraction of sp³-hybridized carbons (Fsp3) is 0.222. The summed E-state index contributed by atoms with van der Waals surface area (Å²) in [6.07, 6.45) is 0.505. The molecule has 0 aromatic heterocycles. The second kappa shape index (κ2) is 4.04. The van der Waals surface area contributed by atoms with Crippen molar-refractivity contribution in [3.05, 3.63) is 32.6 Å². The highest BCUT2D eigenvalue weighted by Gasteiger charge is 2.14. The van der Waals surface area contributed by atoms with Gasteiger partial charge in [-0.25, -0.2) is 9.18 Å². The molecule has 1 rings (SSSR count). The Labute approximate surface area is 88.9 Å². The summed E-state index contributed by atoms with van der Waals surface area (Å²) in [5, 5.41) is 8.63. The minimum atomic E-state index is -1.22. The van der Waals surface area contributed by atoms with Crippen LogP contribution in [0.4, 0.5) is 4.39 Å². The zero-order valence-corrected chi connectivity index (χ0v) is 9.13. The van der Waals surface area contributed by atoms with Crippen molar-refractivity contribution in [3.8, 4) is 0 Å². The smallest absolute Gasteiger partial charge is 0.338 e. The number of carboxylic acid groups (broad SMARTS) is 1. The molecule has 70 valence electrons. The van der Waals surface area contributed by atoms with Gasteiger partial charge < -0.3 is 5.11 Å². The zero-order chi connectivity index (χ0) is 10.0. The van der Waals surface area contributed by atoms with Crippen LogP contribution in [0.2, 0.25) is 0 Å². The van der Waals surface area contributed by atoms with Crippen LogP contribution in [-0.2, 0) is 6.42 Å². The third-order valence-corrected chi connectivity index (χ3v) is 2.78. The molecule has 1 aromatic carbocycles. The molecule has 0 saturated carbocycles. The van der Waals surface area contributed by atoms with E-state index in [4.69, 9.17) is 5.11 Å². The first-order chi connectivity index (χ1) is 6.07. The topological polar surface area (TPSA) is 37.3 Å². The molecule has 0 radical (unpaired) electrons. The van der Waals surface area contributed by atoms with Crippen molar-refractivity contribution in [2.75, 3.05) is 0 Å². The number of carboxylic acids is 1. The highest BCUT2D eigenvalue weighted by atomic mass is 127. The zero-order valence-electron chi connectivity index (χ0n) is 6.97. The third kappa shape index (κ3) is 1.99. The number of aromatic carboxylic acids is 1. The van der Waals surface area contributed by atoms with E-state index < -0.39 is 11.8 Å². The van der Waals surface area contributed by atoms with Crippen LogP contribution in [0, 0.1) is 9.39 Å². The molecule has 0 spiro atoms. The van der Waals surface area contributed by atoms with Crippen LogP contribution in [0.1, 0.15) is 22.8 Å². The molecule has 0 amide bonds. The largest absolute Gasteiger partial charge is 0.478 e. The van der Waals surface area contributed by atoms with E-state index in [0.29, 0.717) is 12.0 Å². The van der Waals surface area contributed by atoms with Gasteiger partial charge in [0.15, 0.2) is 0 Å². The molecule has 4 heteroatoms. The monoisotopic (exact) mass is 294 g/mol. The SMILES string of the molecule is CCc1c(I)ccc(C(=O)O)c1F. The lowest BCUT2D eigenvalue weighted by Crippen LogP contribution is -2.04. The Morgan fingerprint density at radius 2 is 2.23 bits per heavy atom. The van der Waals surface area contributed by atoms with E-state index in [1.807, 2.05) is 22.6 Å². The summed E-state index contributed by atoms with van der Waals surface area (Å²) in [5.74, 6) is -1.83. The average Bonchev–Trinajstić information content (AvgIpc) is 2.04. The van der Waals surface area contributed by atoms with Crippen LogP contribution in [-0.4, -0.2) is 11.1 Å². The Balaban J connectivity index is 3.35. The summed E-state index contributed by atoms with van der Waals surface area (Å²) in [7, 11) is 0. The van der Waals surface area contributed by atoms with Crippen LogP contribution in [0.15, 0.2) is 12.1 Å². The first-order valence-electron chi connectivity index (χ1n) is 3.78. The van der Waals surface area contributed by atoms with Crippen molar-refractivity contribution < 1.29 is 14.3 Å². The van der Waals surface area contributed by atoms with Crippen molar-refractivity contribution in [1.29, 1.82) is 0 Å². The molecule has 0 unspecified atom stereocenters. The van der Waals surface area contributed by atoms with Gasteiger partial charge in [0.25, 0.3) is 0 Å². The first kappa shape index (κ1) is 10.4. The maximum absolute atomic E-state index is 13.4. The van der Waals surface area contributed by atoms with E-state index >= 15 is 0 Å². The van der Waals surface area contributed by atoms with Crippen molar-refractivity contribution in [1.82, 2.24) is 0 Å². The lowest BCUT2D eigenvalue weighted by molar-refractivity contribution is 0.0691. The van der Waals surface area contributed by atoms with Gasteiger partial charge in [-0.3, -0.25) is 0 Å². The predicted octanol–water partition coefficient (Wildman–Crippen LogP) is 2.69. The molecule has 0 heterocycles. The van der Waals surface area contributed by atoms with E-state index in [2.05, 4.69) is 0 Å². The summed E-state index contributed by atoms with van der Waals surface area (Å²) < 4.78 is 14.2. The molecule has 0 bridgehead atoms. The fourth-order valence-electron chi connectivity index (χ4n) is 1.09. The Morgan fingerprint density at radius 1 is 1.62 bits per heavy atom. The molecule has 1 N–H and O–H groups in total. The molecule has 0 aliphatic carbocycles. The number of benzene rings is 1. The number of hydrogen-bond acceptors (Lipinski definition) is 1. The highest BCUT2D eigenvalue weighted by molar-refractivity contribution is 14.1. The summed E-state index contributed by atoms with van der Waals surface area (Å²) in [4.78, 5) is 10.6. The van der Waals surface area contributed by atoms with Gasteiger partial charge in [-0.2, -0.15) is 0 Å². The van der Waals surface area contributed by atoms with Crippen LogP contribution in [0.5, 0.6) is 0 Å². The van der Waals surface area contributed by atoms with Gasteiger partial charge in [0, 0.05) is 9.13 Å². The van der Waals surface area contributed by atoms with E-state index in [9.17, 15) is 9.18 Å². The normalized spacial score (nSPS) is 10.1. The minimum Gasteiger partial charge on any atom is -0.478 e. The van der Waals surface area contributed by atoms with Gasteiger partial charge in [0.2, 0.25) is 0 Å². The number of rotatable bonds is 2. The lowest BCUT2D eigenvalue weighted by atomic mass is 10.1. The molecular formula is C9H8FIO2. The summed E-state index contributed by atoms with van der Waals surface area (Å²) >= 11 is 1.99. The van der Waals surface area contributed by atoms with E-state index in [1.165, 1.54) is 6.07 Å². The number of carbonyl (C=O) groups is 1. The number of hydrogen-bond donors (Lipinski definition) is 1. The Hall–Kier alpha value is -0.650. The van der Waals surface area contributed by atoms with Gasteiger partial charge in [-0.1, -0.05) is 6.92 Å². The van der Waals surface area contributed by atoms with Crippen molar-refractivity contribution in [2.24, 2.45) is 0 Å². The van der Waals surface area contributed by atoms with E-state index in [1.54, 1.807) is 13.0 Å². The second-order valence-corrected chi connectivity index (χ2v) is 3.71. The summed E-state index contributed by atoms with van der Waals surface area (Å²) in [6.45, 7) is 1.80. The van der Waals surface area contributed by atoms with Crippen LogP contribution in [0.3, 0.4) is 0 Å². The van der Waals surface area contributed by atoms with Gasteiger partial charge in [0.05, 0.1) is 5.56 Å². The van der Waals surface area contributed by atoms with Crippen LogP contribution in [0.25, 0.3) is 0 Å². The molecule has 1 aromatic rings. The molecular weight excluding hydrogens is 286 g/mol. The minimum absolute atomic E-state index is 0.253. The van der Waals surface area contributed by atoms with Gasteiger partial charge >= 0.3 is 5.97 Å². The first-order valence-corrected chi connectivity index (χ1v) is 4.86. The Kier molecular flexibility index (Phi) is 3.24. The molecule has 0 atom stereocenters. The maximum Gasteiger partial charge on any atom is 0.338 e. The van der Waals surface area contributed by atoms with Crippen molar-refractivity contribution >= 4 is 28.6 Å². The fourth-order valence-corrected chi connectivity index (χ4v) is 1.88. The molecule has 2 nitrogen and oxygen atoms in total. The van der Waals surface area contributed by atoms with Gasteiger partial charge in [-0.05, 0) is 41.1 Å². The van der Waals surface area contributed by atoms with Crippen LogP contribution < -0.4 is 0 Å². The standard InChI is InChI=1S/C9H8FIO2/c1-2-5-7(11)4-3-6(8(5)10)9(12)13/h3-4H,2H2,1H3,(H,12,13). The molecule has 13 heavy (non-hydrogen) atoms. The molecule has 0 aliphatic rings. The lowest BCUT2D eigenvalue weighted by Gasteiger charge is -2.05. The van der Waals surface area contributed by atoms with Gasteiger partial charge in [0.1, 0.15) is 5.82 Å². The molecule has 0 fully saturated rings. The van der Waals surface area contributed by atoms with E-state index in [0.717, 1.165) is 3.57 Å². The van der Waals surface area contributed by atoms with Crippen molar-refractivity contribution in [3.63, 3.8) is 0 Å². The number of halogens is 2.